The van der Waals surface area contributed by atoms with Gasteiger partial charge in [0.05, 0.1) is 142 Å². The number of allylic oxidation sites excluding steroid dienone is 5. The number of aromatic nitrogens is 5. The molecule has 2 amide bonds. The summed E-state index contributed by atoms with van der Waals surface area (Å²) >= 11 is 5.76. The van der Waals surface area contributed by atoms with Gasteiger partial charge < -0.3 is 107 Å². The first-order chi connectivity index (χ1) is 61.8. The van der Waals surface area contributed by atoms with Crippen molar-refractivity contribution >= 4 is 80.6 Å². The summed E-state index contributed by atoms with van der Waals surface area (Å²) in [6.45, 7) is 21.6. The standard InChI is InChI=1S/C95H139N9O23S/c1-61-18-13-12-14-19-62(2)78(112-8)56-73-27-22-67(7)95(111,127-73)89(108)92(109)103-32-16-15-20-75(103)93(110)125-80(57-79(113-9)63(3)51-66(6)87(107)88(115-11)86(106)65(5)50-61)64(4)52-68-24-28-77(81(54-68)114-10)124-83(128)21-17-34-116-36-38-118-40-42-120-44-46-122-48-49-123-47-45-121-43-41-119-39-37-117-35-31-82(105)102-33-30-70-53-69(23-25-72(70)59-102)58-104-91-84(90(96)98-60-99-91)85(101-104)71-26-29-76-74(55-71)100-94(97)126-76/h12-14,18-19,23,25-26,29,51,53,55,60-61,63-65,67-68,73,75,77-81,87-88,107,111H,15-17,20-22,24,27-28,30-50,52,54,56-59H2,1-11H3,(H2,97,100)(H2,96,98,99)/b14-12+,18-13+,62-19+,66-51+/t61-,63-,64-,65-,67-,68+,73+,75+,77-,78+,79-,80+,81-,87-,88+,95-/m1/s1. The lowest BCUT2D eigenvalue weighted by molar-refractivity contribution is -0.265. The fraction of sp³-hybridized carbons (Fsp3) is 0.663. The summed E-state index contributed by atoms with van der Waals surface area (Å²) in [5.41, 5.74) is 20.1. The summed E-state index contributed by atoms with van der Waals surface area (Å²) < 4.78 is 96.0. The van der Waals surface area contributed by atoms with Crippen LogP contribution in [0.4, 0.5) is 11.8 Å². The number of cyclic esters (lactones) is 1. The molecule has 4 aliphatic heterocycles. The molecule has 0 unspecified atom stereocenters. The van der Waals surface area contributed by atoms with Gasteiger partial charge in [0.25, 0.3) is 17.7 Å². The number of nitrogens with two attached hydrogens (primary N) is 2. The fourth-order valence-electron chi connectivity index (χ4n) is 17.7. The number of benzene rings is 2. The molecule has 5 aromatic rings. The Labute approximate surface area is 758 Å². The number of aliphatic hydroxyl groups is 2. The van der Waals surface area contributed by atoms with Gasteiger partial charge in [0, 0.05) is 97.3 Å². The van der Waals surface area contributed by atoms with Crippen molar-refractivity contribution in [2.75, 3.05) is 159 Å². The number of rotatable bonds is 39. The number of thiocarbonyl (C=S) groups is 1. The number of Topliss-reactive ketones (excluding diaryl/α,β-unsaturated/α-hetero) is 2. The number of fused-ring (bicyclic) bond motifs is 6. The lowest BCUT2D eigenvalue weighted by atomic mass is 9.78. The Hall–Kier alpha value is -7.94. The van der Waals surface area contributed by atoms with Crippen molar-refractivity contribution in [2.24, 2.45) is 35.5 Å². The van der Waals surface area contributed by atoms with E-state index in [1.807, 2.05) is 92.8 Å². The van der Waals surface area contributed by atoms with Crippen LogP contribution in [-0.2, 0) is 115 Å². The highest BCUT2D eigenvalue weighted by atomic mass is 32.1. The van der Waals surface area contributed by atoms with Crippen molar-refractivity contribution in [3.63, 3.8) is 0 Å². The molecule has 0 spiro atoms. The Kier molecular flexibility index (Phi) is 41.8. The Morgan fingerprint density at radius 3 is 2.02 bits per heavy atom. The second-order valence-electron chi connectivity index (χ2n) is 34.6. The predicted octanol–water partition coefficient (Wildman–Crippen LogP) is 11.0. The highest BCUT2D eigenvalue weighted by Crippen LogP contribution is 2.40. The molecule has 0 radical (unpaired) electrons. The number of methoxy groups -OCH3 is 4. The van der Waals surface area contributed by atoms with Crippen LogP contribution in [0.5, 0.6) is 0 Å². The van der Waals surface area contributed by atoms with E-state index >= 15 is 0 Å². The maximum atomic E-state index is 14.9. The molecule has 3 fully saturated rings. The van der Waals surface area contributed by atoms with Crippen LogP contribution in [0.15, 0.2) is 94.7 Å². The Balaban J connectivity index is 0.557. The van der Waals surface area contributed by atoms with E-state index in [4.69, 9.17) is 104 Å². The van der Waals surface area contributed by atoms with Gasteiger partial charge in [-0.1, -0.05) is 89.3 Å². The number of nitrogens with zero attached hydrogens (tertiary/aromatic N) is 7. The zero-order valence-electron chi connectivity index (χ0n) is 76.8. The van der Waals surface area contributed by atoms with E-state index in [1.54, 1.807) is 41.2 Å². The Bertz CT molecular complexity index is 4480. The van der Waals surface area contributed by atoms with E-state index in [0.717, 1.165) is 35.1 Å². The summed E-state index contributed by atoms with van der Waals surface area (Å²) in [4.78, 5) is 87.5. The predicted molar refractivity (Wildman–Crippen MR) is 485 cm³/mol. The van der Waals surface area contributed by atoms with Crippen LogP contribution in [0, 0.1) is 35.5 Å². The van der Waals surface area contributed by atoms with Gasteiger partial charge in [-0.15, -0.1) is 0 Å². The molecule has 1 aliphatic carbocycles. The molecule has 10 rings (SSSR count). The number of carbonyl (C=O) groups excluding carboxylic acids is 5. The Morgan fingerprint density at radius 2 is 1.36 bits per heavy atom. The number of ether oxygens (including phenoxy) is 15. The van der Waals surface area contributed by atoms with Crippen molar-refractivity contribution < 1.29 is 110 Å². The number of hydrogen-bond donors (Lipinski definition) is 4. The van der Waals surface area contributed by atoms with Crippen molar-refractivity contribution in [3.8, 4) is 11.3 Å². The molecule has 128 heavy (non-hydrogen) atoms. The van der Waals surface area contributed by atoms with Crippen molar-refractivity contribution in [2.45, 2.75) is 225 Å². The Morgan fingerprint density at radius 1 is 0.688 bits per heavy atom. The van der Waals surface area contributed by atoms with Crippen LogP contribution in [0.1, 0.15) is 161 Å². The minimum absolute atomic E-state index is 0.0182. The summed E-state index contributed by atoms with van der Waals surface area (Å²) in [6, 6.07) is 10.8. The van der Waals surface area contributed by atoms with E-state index in [9.17, 15) is 34.2 Å². The molecule has 33 heteroatoms. The minimum atomic E-state index is -2.44. The molecule has 1 saturated carbocycles. The average Bonchev–Trinajstić information content (AvgIpc) is 1.56. The first kappa shape index (κ1) is 102. The monoisotopic (exact) mass is 1810 g/mol. The molecular weight excluding hydrogens is 1670 g/mol. The molecule has 708 valence electrons. The third kappa shape index (κ3) is 29.8. The summed E-state index contributed by atoms with van der Waals surface area (Å²) in [5, 5.41) is 30.1. The summed E-state index contributed by atoms with van der Waals surface area (Å²) in [6.07, 6.45) is 16.0. The molecule has 32 nitrogen and oxygen atoms in total. The van der Waals surface area contributed by atoms with Crippen LogP contribution in [-0.4, -0.2) is 287 Å². The van der Waals surface area contributed by atoms with Gasteiger partial charge >= 0.3 is 5.97 Å². The molecule has 2 bridgehead atoms. The third-order valence-electron chi connectivity index (χ3n) is 25.1. The zero-order valence-corrected chi connectivity index (χ0v) is 77.6. The number of ketones is 2. The third-order valence-corrected chi connectivity index (χ3v) is 25.4. The molecule has 2 saturated heterocycles. The van der Waals surface area contributed by atoms with Crippen molar-refractivity contribution in [1.82, 2.24) is 34.5 Å². The number of nitrogen functional groups attached to an aromatic ring is 2. The average molecular weight is 1810 g/mol. The van der Waals surface area contributed by atoms with Crippen molar-refractivity contribution in [3.05, 3.63) is 107 Å². The largest absolute Gasteiger partial charge is 0.481 e. The molecule has 5 aliphatic rings. The normalized spacial score (nSPS) is 27.5. The SMILES string of the molecule is CO[C@H]1C[C@@H]2CC[C@@H](C)[C@@](O)(O2)C(=O)C(=O)N2CCCC[C@H]2C(=O)O[C@H]([C@H](C)C[C@@H]2CC[C@@H](OC(=S)CCCOCCOCCOCCOCCOCCOCCOCCOCCC(=O)N3CCc4cc(Cn5nc(-c6ccc7oc(N)nc7c6)c6c(N)ncnc65)ccc4C3)[C@H](OC)C2)C[C@@H](OC)[C@H](C)/C=C(\C)[C@@H](O)[C@@H](OC)C(=O)[C@H](C)C[C@H](C)/C=C/C=C/C=C/1C. The minimum Gasteiger partial charge on any atom is -0.481 e. The van der Waals surface area contributed by atoms with E-state index in [2.05, 4.69) is 33.2 Å². The second-order valence-corrected chi connectivity index (χ2v) is 35.0. The van der Waals surface area contributed by atoms with Crippen LogP contribution >= 0.6 is 12.2 Å². The van der Waals surface area contributed by atoms with Crippen LogP contribution in [0.25, 0.3) is 33.4 Å². The molecule has 16 atom stereocenters. The number of hydrogen-bond acceptors (Lipinski definition) is 30. The first-order valence-corrected chi connectivity index (χ1v) is 46.0. The lowest BCUT2D eigenvalue weighted by Crippen LogP contribution is -2.61. The summed E-state index contributed by atoms with van der Waals surface area (Å²) in [7, 11) is 6.28. The molecule has 6 N–H and O–H groups in total. The molecule has 7 heterocycles. The van der Waals surface area contributed by atoms with Gasteiger partial charge in [-0.05, 0) is 167 Å². The van der Waals surface area contributed by atoms with Gasteiger partial charge in [-0.25, -0.2) is 19.4 Å². The molecular formula is C95H139N9O23S. The van der Waals surface area contributed by atoms with E-state index in [0.29, 0.717) is 240 Å². The number of carbonyl (C=O) groups is 5. The first-order valence-electron chi connectivity index (χ1n) is 45.6. The quantitative estimate of drug-likeness (QED) is 0.00933. The number of amides is 2. The number of oxazole rings is 1. The van der Waals surface area contributed by atoms with Gasteiger partial charge in [0.1, 0.15) is 53.8 Å². The second kappa shape index (κ2) is 52.3. The van der Waals surface area contributed by atoms with Gasteiger partial charge in [0.15, 0.2) is 22.1 Å². The number of anilines is 2. The highest BCUT2D eigenvalue weighted by molar-refractivity contribution is 7.80. The van der Waals surface area contributed by atoms with Gasteiger partial charge in [-0.3, -0.25) is 19.2 Å². The van der Waals surface area contributed by atoms with Gasteiger partial charge in [-0.2, -0.15) is 10.1 Å². The molecule has 2 aromatic carbocycles. The van der Waals surface area contributed by atoms with E-state index in [-0.39, 0.29) is 79.4 Å². The maximum Gasteiger partial charge on any atom is 0.329 e. The number of esters is 1. The smallest absolute Gasteiger partial charge is 0.329 e. The topological polar surface area (TPSA) is 392 Å². The van der Waals surface area contributed by atoms with Crippen molar-refractivity contribution in [1.29, 1.82) is 0 Å². The van der Waals surface area contributed by atoms with Gasteiger partial charge in [0.2, 0.25) is 11.7 Å². The van der Waals surface area contributed by atoms with Crippen LogP contribution in [0.3, 0.4) is 0 Å². The maximum absolute atomic E-state index is 14.9. The van der Waals surface area contributed by atoms with Crippen LogP contribution < -0.4 is 11.5 Å². The van der Waals surface area contributed by atoms with E-state index < -0.39 is 77.9 Å². The zero-order chi connectivity index (χ0) is 91.7. The summed E-state index contributed by atoms with van der Waals surface area (Å²) in [5.74, 6) is -6.68. The lowest BCUT2D eigenvalue weighted by Gasteiger charge is -2.43. The van der Waals surface area contributed by atoms with Crippen LogP contribution in [0.2, 0.25) is 0 Å². The fourth-order valence-corrected chi connectivity index (χ4v) is 18.0. The van der Waals surface area contributed by atoms with E-state index in [1.165, 1.54) is 23.9 Å². The highest BCUT2D eigenvalue weighted by Gasteiger charge is 2.53. The number of piperidine rings is 1. The number of aliphatic hydroxyl groups excluding tert-OH is 1. The molecule has 3 aromatic heterocycles.